The van der Waals surface area contributed by atoms with Crippen LogP contribution in [0.15, 0.2) is 0 Å². The van der Waals surface area contributed by atoms with Crippen LogP contribution < -0.4 is 5.32 Å². The highest BCUT2D eigenvalue weighted by molar-refractivity contribution is 5.03. The van der Waals surface area contributed by atoms with E-state index in [2.05, 4.69) is 46.9 Å². The molecule has 0 radical (unpaired) electrons. The van der Waals surface area contributed by atoms with E-state index in [4.69, 9.17) is 4.74 Å². The van der Waals surface area contributed by atoms with Crippen molar-refractivity contribution < 1.29 is 4.74 Å². The average molecular weight is 241 g/mol. The fourth-order valence-electron chi connectivity index (χ4n) is 2.64. The molecule has 2 heteroatoms. The Labute approximate surface area is 108 Å². The predicted molar refractivity (Wildman–Crippen MR) is 74.3 cm³/mol. The number of methoxy groups -OCH3 is 1. The molecule has 2 nitrogen and oxygen atoms in total. The number of hydrogen-bond acceptors (Lipinski definition) is 2. The van der Waals surface area contributed by atoms with Crippen LogP contribution in [0.25, 0.3) is 0 Å². The van der Waals surface area contributed by atoms with Crippen LogP contribution in [0.5, 0.6) is 0 Å². The molecule has 1 rings (SSSR count). The molecule has 0 aromatic heterocycles. The molecule has 102 valence electrons. The standard InChI is InChI=1S/C15H31NO/c1-11(8-9-14(2,3)4)16-12-10-13(17-7)15(12,5)6/h11-13,16H,8-10H2,1-7H3. The van der Waals surface area contributed by atoms with Crippen molar-refractivity contribution in [1.82, 2.24) is 5.32 Å². The van der Waals surface area contributed by atoms with Crippen molar-refractivity contribution in [2.75, 3.05) is 7.11 Å². The topological polar surface area (TPSA) is 21.3 Å². The van der Waals surface area contributed by atoms with Crippen molar-refractivity contribution in [2.24, 2.45) is 10.8 Å². The number of hydrogen-bond donors (Lipinski definition) is 1. The average Bonchev–Trinajstić information content (AvgIpc) is 2.19. The Morgan fingerprint density at radius 2 is 1.94 bits per heavy atom. The molecule has 0 saturated heterocycles. The smallest absolute Gasteiger partial charge is 0.0652 e. The minimum absolute atomic E-state index is 0.282. The molecule has 0 aromatic rings. The van der Waals surface area contributed by atoms with Gasteiger partial charge in [-0.25, -0.2) is 0 Å². The van der Waals surface area contributed by atoms with Crippen LogP contribution >= 0.6 is 0 Å². The van der Waals surface area contributed by atoms with Gasteiger partial charge in [-0.05, 0) is 31.6 Å². The van der Waals surface area contributed by atoms with Gasteiger partial charge >= 0.3 is 0 Å². The van der Waals surface area contributed by atoms with Crippen molar-refractivity contribution in [2.45, 2.75) is 79.0 Å². The van der Waals surface area contributed by atoms with Gasteiger partial charge in [0.1, 0.15) is 0 Å². The van der Waals surface area contributed by atoms with Crippen molar-refractivity contribution >= 4 is 0 Å². The van der Waals surface area contributed by atoms with E-state index in [0.717, 1.165) is 6.42 Å². The first-order chi connectivity index (χ1) is 7.66. The summed E-state index contributed by atoms with van der Waals surface area (Å²) in [6.07, 6.45) is 4.12. The maximum absolute atomic E-state index is 5.49. The van der Waals surface area contributed by atoms with E-state index in [9.17, 15) is 0 Å². The lowest BCUT2D eigenvalue weighted by molar-refractivity contribution is -0.100. The summed E-state index contributed by atoms with van der Waals surface area (Å²) in [5, 5.41) is 3.76. The van der Waals surface area contributed by atoms with Gasteiger partial charge in [-0.3, -0.25) is 0 Å². The van der Waals surface area contributed by atoms with Gasteiger partial charge in [0.25, 0.3) is 0 Å². The van der Waals surface area contributed by atoms with E-state index in [1.165, 1.54) is 12.8 Å². The second kappa shape index (κ2) is 5.27. The highest BCUT2D eigenvalue weighted by Gasteiger charge is 2.48. The van der Waals surface area contributed by atoms with Crippen LogP contribution in [0.2, 0.25) is 0 Å². The molecule has 0 spiro atoms. The van der Waals surface area contributed by atoms with E-state index < -0.39 is 0 Å². The van der Waals surface area contributed by atoms with Crippen LogP contribution in [0.4, 0.5) is 0 Å². The Morgan fingerprint density at radius 3 is 2.35 bits per heavy atom. The molecule has 0 bridgehead atoms. The fraction of sp³-hybridized carbons (Fsp3) is 1.00. The quantitative estimate of drug-likeness (QED) is 0.794. The lowest BCUT2D eigenvalue weighted by Crippen LogP contribution is -2.62. The monoisotopic (exact) mass is 241 g/mol. The van der Waals surface area contributed by atoms with Gasteiger partial charge in [0.05, 0.1) is 6.10 Å². The highest BCUT2D eigenvalue weighted by atomic mass is 16.5. The Hall–Kier alpha value is -0.0800. The van der Waals surface area contributed by atoms with Gasteiger partial charge in [0, 0.05) is 24.6 Å². The SMILES string of the molecule is COC1CC(NC(C)CCC(C)(C)C)C1(C)C. The Morgan fingerprint density at radius 1 is 1.35 bits per heavy atom. The summed E-state index contributed by atoms with van der Waals surface area (Å²) in [5.41, 5.74) is 0.727. The molecule has 1 N–H and O–H groups in total. The van der Waals surface area contributed by atoms with Crippen molar-refractivity contribution in [3.8, 4) is 0 Å². The van der Waals surface area contributed by atoms with E-state index in [1.807, 2.05) is 7.11 Å². The lowest BCUT2D eigenvalue weighted by Gasteiger charge is -2.52. The van der Waals surface area contributed by atoms with Gasteiger partial charge in [-0.15, -0.1) is 0 Å². The summed E-state index contributed by atoms with van der Waals surface area (Å²) in [4.78, 5) is 0. The molecule has 1 aliphatic carbocycles. The minimum Gasteiger partial charge on any atom is -0.381 e. The second-order valence-electron chi connectivity index (χ2n) is 7.50. The summed E-state index contributed by atoms with van der Waals surface area (Å²) in [7, 11) is 1.83. The lowest BCUT2D eigenvalue weighted by atomic mass is 9.64. The largest absolute Gasteiger partial charge is 0.381 e. The van der Waals surface area contributed by atoms with Gasteiger partial charge < -0.3 is 10.1 Å². The molecule has 1 aliphatic rings. The summed E-state index contributed by atoms with van der Waals surface area (Å²) >= 11 is 0. The first-order valence-electron chi connectivity index (χ1n) is 6.95. The number of rotatable bonds is 5. The van der Waals surface area contributed by atoms with E-state index >= 15 is 0 Å². The van der Waals surface area contributed by atoms with Crippen LogP contribution in [-0.4, -0.2) is 25.3 Å². The Bertz CT molecular complexity index is 242. The summed E-state index contributed by atoms with van der Waals surface area (Å²) in [6, 6.07) is 1.22. The van der Waals surface area contributed by atoms with E-state index in [-0.39, 0.29) is 5.41 Å². The third kappa shape index (κ3) is 3.96. The number of nitrogens with one attached hydrogen (secondary N) is 1. The molecule has 3 atom stereocenters. The molecule has 0 amide bonds. The Kier molecular flexibility index (Phi) is 4.65. The third-order valence-corrected chi connectivity index (χ3v) is 4.28. The van der Waals surface area contributed by atoms with Crippen molar-refractivity contribution in [1.29, 1.82) is 0 Å². The molecular formula is C15H31NO. The van der Waals surface area contributed by atoms with Crippen LogP contribution in [-0.2, 0) is 4.74 Å². The van der Waals surface area contributed by atoms with Crippen LogP contribution in [0.1, 0.15) is 60.8 Å². The number of ether oxygens (including phenoxy) is 1. The summed E-state index contributed by atoms with van der Waals surface area (Å²) in [5.74, 6) is 0. The highest BCUT2D eigenvalue weighted by Crippen LogP contribution is 2.42. The predicted octanol–water partition coefficient (Wildman–Crippen LogP) is 3.60. The molecule has 1 saturated carbocycles. The first kappa shape index (κ1) is 15.0. The minimum atomic E-state index is 0.282. The fourth-order valence-corrected chi connectivity index (χ4v) is 2.64. The van der Waals surface area contributed by atoms with Gasteiger partial charge in [0.15, 0.2) is 0 Å². The summed E-state index contributed by atoms with van der Waals surface area (Å²) < 4.78 is 5.49. The maximum Gasteiger partial charge on any atom is 0.0652 e. The molecule has 3 unspecified atom stereocenters. The zero-order chi connectivity index (χ0) is 13.3. The van der Waals surface area contributed by atoms with Crippen molar-refractivity contribution in [3.05, 3.63) is 0 Å². The molecular weight excluding hydrogens is 210 g/mol. The maximum atomic E-state index is 5.49. The summed E-state index contributed by atoms with van der Waals surface area (Å²) in [6.45, 7) is 13.9. The molecule has 0 aromatic carbocycles. The van der Waals surface area contributed by atoms with E-state index in [0.29, 0.717) is 23.6 Å². The molecule has 17 heavy (non-hydrogen) atoms. The van der Waals surface area contributed by atoms with Gasteiger partial charge in [-0.2, -0.15) is 0 Å². The second-order valence-corrected chi connectivity index (χ2v) is 7.50. The molecule has 0 aliphatic heterocycles. The Balaban J connectivity index is 2.31. The van der Waals surface area contributed by atoms with E-state index in [1.54, 1.807) is 0 Å². The molecule has 1 fully saturated rings. The molecule has 0 heterocycles. The van der Waals surface area contributed by atoms with Crippen LogP contribution in [0, 0.1) is 10.8 Å². The van der Waals surface area contributed by atoms with Gasteiger partial charge in [0.2, 0.25) is 0 Å². The zero-order valence-electron chi connectivity index (χ0n) is 12.8. The third-order valence-electron chi connectivity index (χ3n) is 4.28. The normalized spacial score (nSPS) is 29.8. The van der Waals surface area contributed by atoms with Crippen LogP contribution in [0.3, 0.4) is 0 Å². The first-order valence-corrected chi connectivity index (χ1v) is 6.95. The van der Waals surface area contributed by atoms with Gasteiger partial charge in [-0.1, -0.05) is 34.6 Å². The van der Waals surface area contributed by atoms with Crippen molar-refractivity contribution in [3.63, 3.8) is 0 Å². The zero-order valence-corrected chi connectivity index (χ0v) is 12.8.